The molecular weight excluding hydrogens is 385 g/mol. The van der Waals surface area contributed by atoms with E-state index in [-0.39, 0.29) is 39.9 Å². The highest BCUT2D eigenvalue weighted by atomic mass is 19.1. The molecule has 1 unspecified atom stereocenters. The predicted molar refractivity (Wildman–Crippen MR) is 104 cm³/mol. The van der Waals surface area contributed by atoms with E-state index in [4.69, 9.17) is 10.6 Å². The molecule has 1 atom stereocenters. The largest absolute Gasteiger partial charge is 0.477 e. The Hall–Kier alpha value is -3.05. The first-order valence-electron chi connectivity index (χ1n) is 8.98. The summed E-state index contributed by atoms with van der Waals surface area (Å²) in [5, 5.41) is 13.2. The molecule has 11 heteroatoms. The molecule has 0 amide bonds. The second-order valence-corrected chi connectivity index (χ2v) is 7.06. The van der Waals surface area contributed by atoms with Gasteiger partial charge in [0.1, 0.15) is 18.3 Å². The fraction of sp³-hybridized carbons (Fsp3) is 0.444. The van der Waals surface area contributed by atoms with Crippen LogP contribution in [0.3, 0.4) is 0 Å². The first kappa shape index (κ1) is 20.7. The fourth-order valence-corrected chi connectivity index (χ4v) is 3.60. The summed E-state index contributed by atoms with van der Waals surface area (Å²) in [6.45, 7) is 1.07. The van der Waals surface area contributed by atoms with Gasteiger partial charge in [0.25, 0.3) is 0 Å². The van der Waals surface area contributed by atoms with Gasteiger partial charge in [0.15, 0.2) is 11.6 Å². The number of aromatic nitrogens is 2. The Bertz CT molecular complexity index is 1050. The average molecular weight is 407 g/mol. The molecule has 4 rings (SSSR count). The van der Waals surface area contributed by atoms with Gasteiger partial charge in [-0.25, -0.2) is 14.2 Å². The third-order valence-electron chi connectivity index (χ3n) is 5.17. The lowest BCUT2D eigenvalue weighted by atomic mass is 10.1. The maximum atomic E-state index is 14.9. The number of fused-ring (bicyclic) bond motifs is 1. The van der Waals surface area contributed by atoms with Gasteiger partial charge in [-0.15, -0.1) is 0 Å². The third kappa shape index (κ3) is 3.54. The van der Waals surface area contributed by atoms with Crippen LogP contribution in [0, 0.1) is 11.7 Å². The molecule has 29 heavy (non-hydrogen) atoms. The maximum Gasteiger partial charge on any atom is 0.341 e. The molecule has 1 saturated carbocycles. The number of carboxylic acids is 1. The molecule has 0 radical (unpaired) electrons. The van der Waals surface area contributed by atoms with Crippen LogP contribution in [0.15, 0.2) is 22.2 Å². The van der Waals surface area contributed by atoms with Crippen molar-refractivity contribution in [3.05, 3.63) is 33.9 Å². The van der Waals surface area contributed by atoms with Gasteiger partial charge in [-0.1, -0.05) is 5.16 Å². The van der Waals surface area contributed by atoms with Crippen LogP contribution in [0.5, 0.6) is 0 Å². The lowest BCUT2D eigenvalue weighted by Crippen LogP contribution is -2.26. The summed E-state index contributed by atoms with van der Waals surface area (Å²) in [6.07, 6.45) is 3.02. The number of hydrogen-bond donors (Lipinski definition) is 2. The van der Waals surface area contributed by atoms with E-state index in [1.165, 1.54) is 13.3 Å². The minimum Gasteiger partial charge on any atom is -0.477 e. The number of carboxylic acid groups (broad SMARTS) is 1. The van der Waals surface area contributed by atoms with Crippen LogP contribution in [0.25, 0.3) is 11.0 Å². The van der Waals surface area contributed by atoms with E-state index in [2.05, 4.69) is 10.1 Å². The Morgan fingerprint density at radius 1 is 1.48 bits per heavy atom. The van der Waals surface area contributed by atoms with Gasteiger partial charge in [0.05, 0.1) is 17.6 Å². The molecule has 2 aliphatic rings. The van der Waals surface area contributed by atoms with Gasteiger partial charge in [-0.3, -0.25) is 4.79 Å². The molecule has 0 aromatic carbocycles. The Balaban J connectivity index is 0.00000240. The number of hydrogen-bond acceptors (Lipinski definition) is 7. The molecule has 2 fully saturated rings. The summed E-state index contributed by atoms with van der Waals surface area (Å²) in [6, 6.07) is 1.14. The summed E-state index contributed by atoms with van der Waals surface area (Å²) in [4.78, 5) is 34.9. The molecule has 1 aliphatic heterocycles. The third-order valence-corrected chi connectivity index (χ3v) is 5.17. The van der Waals surface area contributed by atoms with Crippen LogP contribution in [-0.2, 0) is 4.84 Å². The molecule has 3 heterocycles. The molecule has 1 saturated heterocycles. The number of nitrogens with zero attached hydrogens (tertiary/aromatic N) is 4. The summed E-state index contributed by atoms with van der Waals surface area (Å²) in [5.41, 5.74) is 5.65. The van der Waals surface area contributed by atoms with E-state index in [0.717, 1.165) is 18.9 Å². The number of aromatic carboxylic acids is 1. The van der Waals surface area contributed by atoms with Crippen molar-refractivity contribution < 1.29 is 24.6 Å². The number of rotatable bonds is 5. The van der Waals surface area contributed by atoms with Crippen LogP contribution in [0.1, 0.15) is 29.2 Å². The number of carbonyl (C=O) groups is 1. The molecule has 2 aromatic heterocycles. The first-order valence-corrected chi connectivity index (χ1v) is 8.98. The smallest absolute Gasteiger partial charge is 0.341 e. The standard InChI is InChI=1S/C18H20FN5O4.H2O/c1-28-22-14-8-23(6-9(14)5-20)17-13(19)4-11-15(25)12(18(26)27)7-24(10-2-3-10)16(11)21-17;/h4,7,9-10H,2-3,5-6,8,20H2,1H3,(H,26,27);1H2/b22-14+;. The maximum absolute atomic E-state index is 14.9. The minimum absolute atomic E-state index is 0. The summed E-state index contributed by atoms with van der Waals surface area (Å²) in [5.74, 6) is -2.03. The van der Waals surface area contributed by atoms with Crippen LogP contribution >= 0.6 is 0 Å². The number of nitrogens with two attached hydrogens (primary N) is 1. The topological polar surface area (TPSA) is 155 Å². The van der Waals surface area contributed by atoms with Crippen molar-refractivity contribution in [2.75, 3.05) is 31.6 Å². The Morgan fingerprint density at radius 2 is 2.21 bits per heavy atom. The highest BCUT2D eigenvalue weighted by Gasteiger charge is 2.33. The minimum atomic E-state index is -1.34. The van der Waals surface area contributed by atoms with E-state index in [1.807, 2.05) is 0 Å². The van der Waals surface area contributed by atoms with Crippen molar-refractivity contribution >= 4 is 28.5 Å². The summed E-state index contributed by atoms with van der Waals surface area (Å²) < 4.78 is 16.5. The van der Waals surface area contributed by atoms with Crippen LogP contribution in [-0.4, -0.2) is 58.6 Å². The zero-order valence-corrected chi connectivity index (χ0v) is 15.8. The molecule has 10 nitrogen and oxygen atoms in total. The normalized spacial score (nSPS) is 20.2. The SMILES string of the molecule is CO/N=C1\CN(c2nc3c(cc2F)c(=O)c(C(=O)O)cn3C2CC2)CC1CN.O. The van der Waals surface area contributed by atoms with E-state index in [1.54, 1.807) is 9.47 Å². The van der Waals surface area contributed by atoms with Crippen molar-refractivity contribution in [1.29, 1.82) is 0 Å². The summed E-state index contributed by atoms with van der Waals surface area (Å²) >= 11 is 0. The average Bonchev–Trinajstić information content (AvgIpc) is 3.42. The highest BCUT2D eigenvalue weighted by molar-refractivity contribution is 5.95. The Kier molecular flexibility index (Phi) is 5.53. The van der Waals surface area contributed by atoms with Crippen molar-refractivity contribution in [3.8, 4) is 0 Å². The van der Waals surface area contributed by atoms with Gasteiger partial charge in [-0.2, -0.15) is 0 Å². The molecule has 156 valence electrons. The predicted octanol–water partition coefficient (Wildman–Crippen LogP) is 0.141. The molecule has 5 N–H and O–H groups in total. The van der Waals surface area contributed by atoms with E-state index >= 15 is 0 Å². The Labute approximate surface area is 164 Å². The Morgan fingerprint density at radius 3 is 2.79 bits per heavy atom. The number of anilines is 1. The molecule has 1 aliphatic carbocycles. The van der Waals surface area contributed by atoms with Crippen molar-refractivity contribution in [2.45, 2.75) is 18.9 Å². The molecular formula is C18H22FN5O5. The van der Waals surface area contributed by atoms with Gasteiger partial charge in [0, 0.05) is 31.2 Å². The van der Waals surface area contributed by atoms with E-state index in [0.29, 0.717) is 25.3 Å². The van der Waals surface area contributed by atoms with Gasteiger partial charge < -0.3 is 30.6 Å². The van der Waals surface area contributed by atoms with Crippen LogP contribution in [0.2, 0.25) is 0 Å². The quantitative estimate of drug-likeness (QED) is 0.668. The van der Waals surface area contributed by atoms with Crippen molar-refractivity contribution in [3.63, 3.8) is 0 Å². The van der Waals surface area contributed by atoms with Crippen LogP contribution in [0.4, 0.5) is 10.2 Å². The van der Waals surface area contributed by atoms with Gasteiger partial charge >= 0.3 is 5.97 Å². The number of oxime groups is 1. The van der Waals surface area contributed by atoms with E-state index < -0.39 is 17.2 Å². The molecule has 2 aromatic rings. The molecule has 0 spiro atoms. The van der Waals surface area contributed by atoms with Crippen molar-refractivity contribution in [2.24, 2.45) is 16.8 Å². The van der Waals surface area contributed by atoms with Crippen LogP contribution < -0.4 is 16.1 Å². The monoisotopic (exact) mass is 407 g/mol. The lowest BCUT2D eigenvalue weighted by molar-refractivity contribution is 0.0695. The zero-order valence-electron chi connectivity index (χ0n) is 15.8. The number of pyridine rings is 2. The molecule has 0 bridgehead atoms. The highest BCUT2D eigenvalue weighted by Crippen LogP contribution is 2.37. The first-order chi connectivity index (χ1) is 13.4. The number of halogens is 1. The fourth-order valence-electron chi connectivity index (χ4n) is 3.60. The van der Waals surface area contributed by atoms with Gasteiger partial charge in [-0.05, 0) is 18.9 Å². The van der Waals surface area contributed by atoms with E-state index in [9.17, 15) is 19.1 Å². The van der Waals surface area contributed by atoms with Crippen molar-refractivity contribution in [1.82, 2.24) is 9.55 Å². The lowest BCUT2D eigenvalue weighted by Gasteiger charge is -2.19. The zero-order chi connectivity index (χ0) is 20.0. The second-order valence-electron chi connectivity index (χ2n) is 7.06. The summed E-state index contributed by atoms with van der Waals surface area (Å²) in [7, 11) is 1.44. The second kappa shape index (κ2) is 7.76. The van der Waals surface area contributed by atoms with Gasteiger partial charge in [0.2, 0.25) is 5.43 Å².